The number of non-ortho nitro benzene ring substituents is 1. The van der Waals surface area contributed by atoms with Crippen molar-refractivity contribution in [3.63, 3.8) is 0 Å². The van der Waals surface area contributed by atoms with Gasteiger partial charge in [-0.2, -0.15) is 0 Å². The topological polar surface area (TPSA) is 115 Å². The Bertz CT molecular complexity index is 756. The summed E-state index contributed by atoms with van der Waals surface area (Å²) in [6.07, 6.45) is 0. The Morgan fingerprint density at radius 2 is 1.64 bits per heavy atom. The zero-order valence-electron chi connectivity index (χ0n) is 11.5. The highest BCUT2D eigenvalue weighted by atomic mass is 16.6. The van der Waals surface area contributed by atoms with Crippen LogP contribution in [0.25, 0.3) is 0 Å². The molecule has 0 aliphatic rings. The molecule has 1 N–H and O–H groups in total. The fourth-order valence-corrected chi connectivity index (χ4v) is 1.82. The average Bonchev–Trinajstić information content (AvgIpc) is 2.49. The molecule has 8 nitrogen and oxygen atoms in total. The van der Waals surface area contributed by atoms with Gasteiger partial charge < -0.3 is 5.32 Å². The van der Waals surface area contributed by atoms with Crippen molar-refractivity contribution in [2.45, 2.75) is 6.92 Å². The van der Waals surface area contributed by atoms with Crippen molar-refractivity contribution >= 4 is 23.0 Å². The number of rotatable bonds is 4. The van der Waals surface area contributed by atoms with Crippen LogP contribution in [-0.4, -0.2) is 15.8 Å². The number of carbonyl (C=O) groups is 1. The molecule has 2 rings (SSSR count). The van der Waals surface area contributed by atoms with Gasteiger partial charge in [-0.1, -0.05) is 6.07 Å². The van der Waals surface area contributed by atoms with E-state index in [1.807, 2.05) is 0 Å². The number of aryl methyl sites for hydroxylation is 1. The first kappa shape index (κ1) is 15.1. The maximum atomic E-state index is 12.0. The predicted molar refractivity (Wildman–Crippen MR) is 78.9 cm³/mol. The van der Waals surface area contributed by atoms with E-state index in [9.17, 15) is 25.0 Å². The van der Waals surface area contributed by atoms with Crippen LogP contribution in [0.5, 0.6) is 0 Å². The number of carbonyl (C=O) groups excluding carboxylic acids is 1. The molecule has 1 amide bonds. The molecule has 0 unspecified atom stereocenters. The van der Waals surface area contributed by atoms with Crippen LogP contribution in [0, 0.1) is 27.2 Å². The summed E-state index contributed by atoms with van der Waals surface area (Å²) in [5.74, 6) is -0.506. The Morgan fingerprint density at radius 3 is 2.18 bits per heavy atom. The van der Waals surface area contributed by atoms with E-state index in [0.717, 1.165) is 0 Å². The zero-order chi connectivity index (χ0) is 16.3. The molecule has 0 saturated carbocycles. The lowest BCUT2D eigenvalue weighted by Crippen LogP contribution is -2.12. The Morgan fingerprint density at radius 1 is 1.00 bits per heavy atom. The van der Waals surface area contributed by atoms with E-state index in [1.54, 1.807) is 13.0 Å². The first-order valence-electron chi connectivity index (χ1n) is 6.19. The van der Waals surface area contributed by atoms with E-state index in [0.29, 0.717) is 5.56 Å². The molecule has 2 aromatic rings. The summed E-state index contributed by atoms with van der Waals surface area (Å²) < 4.78 is 0. The Kier molecular flexibility index (Phi) is 4.12. The standard InChI is InChI=1S/C14H11N3O5/c1-9-2-5-11(8-13(9)17(21)22)15-14(18)10-3-6-12(7-4-10)16(19)20/h2-8H,1H3,(H,15,18). The molecule has 0 fully saturated rings. The van der Waals surface area contributed by atoms with E-state index in [-0.39, 0.29) is 22.6 Å². The summed E-state index contributed by atoms with van der Waals surface area (Å²) in [6.45, 7) is 1.60. The van der Waals surface area contributed by atoms with Crippen molar-refractivity contribution in [1.82, 2.24) is 0 Å². The summed E-state index contributed by atoms with van der Waals surface area (Å²) in [5, 5.41) is 23.9. The van der Waals surface area contributed by atoms with Gasteiger partial charge in [0.25, 0.3) is 17.3 Å². The first-order valence-corrected chi connectivity index (χ1v) is 6.19. The van der Waals surface area contributed by atoms with E-state index < -0.39 is 15.8 Å². The maximum absolute atomic E-state index is 12.0. The monoisotopic (exact) mass is 301 g/mol. The van der Waals surface area contributed by atoms with Crippen LogP contribution >= 0.6 is 0 Å². The van der Waals surface area contributed by atoms with Crippen LogP contribution in [0.4, 0.5) is 17.1 Å². The van der Waals surface area contributed by atoms with Gasteiger partial charge in [0.05, 0.1) is 9.85 Å². The molecule has 2 aromatic carbocycles. The van der Waals surface area contributed by atoms with Gasteiger partial charge in [-0.25, -0.2) is 0 Å². The minimum atomic E-state index is -0.564. The lowest BCUT2D eigenvalue weighted by atomic mass is 10.1. The molecule has 0 saturated heterocycles. The summed E-state index contributed by atoms with van der Waals surface area (Å²) in [7, 11) is 0. The molecule has 0 aliphatic carbocycles. The van der Waals surface area contributed by atoms with Gasteiger partial charge in [0.15, 0.2) is 0 Å². The number of nitrogens with one attached hydrogen (secondary N) is 1. The van der Waals surface area contributed by atoms with Crippen LogP contribution in [0.2, 0.25) is 0 Å². The molecular weight excluding hydrogens is 290 g/mol. The molecule has 0 atom stereocenters. The van der Waals surface area contributed by atoms with Crippen molar-refractivity contribution in [3.05, 3.63) is 73.8 Å². The summed E-state index contributed by atoms with van der Waals surface area (Å²) >= 11 is 0. The number of hydrogen-bond donors (Lipinski definition) is 1. The molecule has 22 heavy (non-hydrogen) atoms. The number of amides is 1. The number of anilines is 1. The quantitative estimate of drug-likeness (QED) is 0.688. The smallest absolute Gasteiger partial charge is 0.274 e. The molecule has 0 spiro atoms. The lowest BCUT2D eigenvalue weighted by molar-refractivity contribution is -0.385. The normalized spacial score (nSPS) is 10.0. The second kappa shape index (κ2) is 6.00. The summed E-state index contributed by atoms with van der Waals surface area (Å²) in [4.78, 5) is 32.3. The van der Waals surface area contributed by atoms with E-state index >= 15 is 0 Å². The van der Waals surface area contributed by atoms with Gasteiger partial charge in [-0.3, -0.25) is 25.0 Å². The van der Waals surface area contributed by atoms with Crippen LogP contribution in [0.15, 0.2) is 42.5 Å². The first-order chi connectivity index (χ1) is 10.4. The Labute approximate surface area is 124 Å². The minimum absolute atomic E-state index is 0.0958. The van der Waals surface area contributed by atoms with Crippen molar-refractivity contribution in [3.8, 4) is 0 Å². The third kappa shape index (κ3) is 3.23. The summed E-state index contributed by atoms with van der Waals surface area (Å²) in [5.41, 5.74) is 0.761. The second-order valence-electron chi connectivity index (χ2n) is 4.52. The zero-order valence-corrected chi connectivity index (χ0v) is 11.5. The fourth-order valence-electron chi connectivity index (χ4n) is 1.82. The van der Waals surface area contributed by atoms with Crippen LogP contribution < -0.4 is 5.32 Å². The largest absolute Gasteiger partial charge is 0.322 e. The maximum Gasteiger partial charge on any atom is 0.274 e. The van der Waals surface area contributed by atoms with Gasteiger partial charge in [0.1, 0.15) is 0 Å². The van der Waals surface area contributed by atoms with Gasteiger partial charge in [-0.15, -0.1) is 0 Å². The number of nitro benzene ring substituents is 2. The third-order valence-corrected chi connectivity index (χ3v) is 3.00. The molecule has 0 aromatic heterocycles. The van der Waals surface area contributed by atoms with Crippen molar-refractivity contribution in [2.75, 3.05) is 5.32 Å². The SMILES string of the molecule is Cc1ccc(NC(=O)c2ccc([N+](=O)[O-])cc2)cc1[N+](=O)[O-]. The third-order valence-electron chi connectivity index (χ3n) is 3.00. The average molecular weight is 301 g/mol. The van der Waals surface area contributed by atoms with Crippen LogP contribution in [-0.2, 0) is 0 Å². The molecule has 0 bridgehead atoms. The molecule has 8 heteroatoms. The second-order valence-corrected chi connectivity index (χ2v) is 4.52. The number of nitrogens with zero attached hydrogens (tertiary/aromatic N) is 2. The molecule has 112 valence electrons. The van der Waals surface area contributed by atoms with E-state index in [4.69, 9.17) is 0 Å². The highest BCUT2D eigenvalue weighted by Gasteiger charge is 2.14. The van der Waals surface area contributed by atoms with Gasteiger partial charge in [-0.05, 0) is 25.1 Å². The number of hydrogen-bond acceptors (Lipinski definition) is 5. The van der Waals surface area contributed by atoms with Crippen molar-refractivity contribution < 1.29 is 14.6 Å². The van der Waals surface area contributed by atoms with Crippen LogP contribution in [0.3, 0.4) is 0 Å². The summed E-state index contributed by atoms with van der Waals surface area (Å²) in [6, 6.07) is 9.40. The minimum Gasteiger partial charge on any atom is -0.322 e. The highest BCUT2D eigenvalue weighted by molar-refractivity contribution is 6.04. The van der Waals surface area contributed by atoms with E-state index in [2.05, 4.69) is 5.32 Å². The predicted octanol–water partition coefficient (Wildman–Crippen LogP) is 3.06. The molecule has 0 heterocycles. The van der Waals surface area contributed by atoms with Crippen molar-refractivity contribution in [1.29, 1.82) is 0 Å². The molecule has 0 radical (unpaired) electrons. The highest BCUT2D eigenvalue weighted by Crippen LogP contribution is 2.23. The fraction of sp³-hybridized carbons (Fsp3) is 0.0714. The molecular formula is C14H11N3O5. The lowest BCUT2D eigenvalue weighted by Gasteiger charge is -2.06. The Balaban J connectivity index is 2.20. The van der Waals surface area contributed by atoms with E-state index in [1.165, 1.54) is 36.4 Å². The Hall–Kier alpha value is -3.29. The van der Waals surface area contributed by atoms with Crippen LogP contribution in [0.1, 0.15) is 15.9 Å². The number of benzene rings is 2. The van der Waals surface area contributed by atoms with Gasteiger partial charge >= 0.3 is 0 Å². The molecule has 0 aliphatic heterocycles. The van der Waals surface area contributed by atoms with Gasteiger partial charge in [0.2, 0.25) is 0 Å². The number of nitro groups is 2. The van der Waals surface area contributed by atoms with Gasteiger partial charge in [0, 0.05) is 35.0 Å². The van der Waals surface area contributed by atoms with Crippen molar-refractivity contribution in [2.24, 2.45) is 0 Å².